The van der Waals surface area contributed by atoms with Gasteiger partial charge >= 0.3 is 0 Å². The molecule has 0 spiro atoms. The Kier molecular flexibility index (Phi) is 6.23. The van der Waals surface area contributed by atoms with E-state index in [2.05, 4.69) is 20.5 Å². The van der Waals surface area contributed by atoms with Crippen LogP contribution in [0.4, 0.5) is 0 Å². The number of H-pyrrole nitrogens is 1. The predicted octanol–water partition coefficient (Wildman–Crippen LogP) is 3.99. The first-order valence-electron chi connectivity index (χ1n) is 9.80. The van der Waals surface area contributed by atoms with E-state index in [1.807, 2.05) is 54.6 Å². The fourth-order valence-electron chi connectivity index (χ4n) is 3.12. The summed E-state index contributed by atoms with van der Waals surface area (Å²) in [5, 5.41) is 9.64. The van der Waals surface area contributed by atoms with Crippen molar-refractivity contribution in [1.82, 2.24) is 20.5 Å². The number of methoxy groups -OCH3 is 1. The van der Waals surface area contributed by atoms with Crippen LogP contribution in [0.1, 0.15) is 21.5 Å². The van der Waals surface area contributed by atoms with E-state index < -0.39 is 0 Å². The first kappa shape index (κ1) is 20.2. The molecule has 0 unspecified atom stereocenters. The lowest BCUT2D eigenvalue weighted by atomic mass is 10.1. The van der Waals surface area contributed by atoms with E-state index in [9.17, 15) is 4.79 Å². The van der Waals surface area contributed by atoms with Crippen LogP contribution in [-0.4, -0.2) is 28.2 Å². The number of ether oxygens (including phenoxy) is 2. The molecular formula is C24H22N4O3. The summed E-state index contributed by atoms with van der Waals surface area (Å²) in [5.41, 5.74) is 3.41. The third kappa shape index (κ3) is 5.08. The number of aromatic amines is 1. The highest BCUT2D eigenvalue weighted by Crippen LogP contribution is 2.29. The minimum absolute atomic E-state index is 0.196. The van der Waals surface area contributed by atoms with Crippen LogP contribution >= 0.6 is 0 Å². The highest BCUT2D eigenvalue weighted by Gasteiger charge is 2.12. The molecule has 156 valence electrons. The van der Waals surface area contributed by atoms with Crippen molar-refractivity contribution in [2.45, 2.75) is 13.2 Å². The van der Waals surface area contributed by atoms with Gasteiger partial charge in [0.1, 0.15) is 12.9 Å². The van der Waals surface area contributed by atoms with Crippen molar-refractivity contribution in [3.63, 3.8) is 0 Å². The fourth-order valence-corrected chi connectivity index (χ4v) is 3.12. The Balaban J connectivity index is 1.40. The zero-order valence-electron chi connectivity index (χ0n) is 17.0. The molecule has 0 bridgehead atoms. The van der Waals surface area contributed by atoms with Gasteiger partial charge in [0.25, 0.3) is 5.91 Å². The lowest BCUT2D eigenvalue weighted by molar-refractivity contribution is 0.0950. The molecule has 0 radical (unpaired) electrons. The molecule has 4 aromatic rings. The van der Waals surface area contributed by atoms with E-state index in [1.165, 1.54) is 6.33 Å². The van der Waals surface area contributed by atoms with E-state index in [4.69, 9.17) is 9.47 Å². The van der Waals surface area contributed by atoms with E-state index in [1.54, 1.807) is 25.3 Å². The molecule has 0 aliphatic rings. The zero-order chi connectivity index (χ0) is 21.5. The topological polar surface area (TPSA) is 89.1 Å². The number of amides is 1. The standard InChI is InChI=1S/C24H22N4O3/c1-30-22-13-20(10-11-21(22)31-15-17-6-3-2-4-7-17)24(29)25-14-18-8-5-9-19(12-18)23-26-16-27-28-23/h2-13,16H,14-15H2,1H3,(H,25,29)(H,26,27,28). The normalized spacial score (nSPS) is 10.5. The molecule has 0 aliphatic carbocycles. The van der Waals surface area contributed by atoms with Gasteiger partial charge in [-0.05, 0) is 35.4 Å². The Morgan fingerprint density at radius 2 is 1.81 bits per heavy atom. The molecular weight excluding hydrogens is 392 g/mol. The molecule has 0 saturated heterocycles. The van der Waals surface area contributed by atoms with Crippen LogP contribution in [0.15, 0.2) is 79.1 Å². The number of rotatable bonds is 8. The number of aromatic nitrogens is 3. The second kappa shape index (κ2) is 9.58. The van der Waals surface area contributed by atoms with Crippen molar-refractivity contribution in [1.29, 1.82) is 0 Å². The van der Waals surface area contributed by atoms with E-state index in [0.717, 1.165) is 16.7 Å². The number of nitrogens with zero attached hydrogens (tertiary/aromatic N) is 2. The first-order valence-corrected chi connectivity index (χ1v) is 9.80. The van der Waals surface area contributed by atoms with Crippen molar-refractivity contribution in [3.05, 3.63) is 95.8 Å². The van der Waals surface area contributed by atoms with Gasteiger partial charge in [-0.2, -0.15) is 5.10 Å². The van der Waals surface area contributed by atoms with E-state index >= 15 is 0 Å². The molecule has 2 N–H and O–H groups in total. The van der Waals surface area contributed by atoms with Crippen LogP contribution < -0.4 is 14.8 Å². The maximum Gasteiger partial charge on any atom is 0.251 e. The summed E-state index contributed by atoms with van der Waals surface area (Å²) in [6.45, 7) is 0.805. The maximum absolute atomic E-state index is 12.7. The number of carbonyl (C=O) groups excluding carboxylic acids is 1. The van der Waals surface area contributed by atoms with E-state index in [-0.39, 0.29) is 5.91 Å². The van der Waals surface area contributed by atoms with Gasteiger partial charge in [-0.15, -0.1) is 0 Å². The molecule has 0 fully saturated rings. The second-order valence-electron chi connectivity index (χ2n) is 6.86. The number of hydrogen-bond donors (Lipinski definition) is 2. The Hall–Kier alpha value is -4.13. The molecule has 31 heavy (non-hydrogen) atoms. The predicted molar refractivity (Wildman–Crippen MR) is 117 cm³/mol. The minimum atomic E-state index is -0.196. The van der Waals surface area contributed by atoms with Gasteiger partial charge in [-0.3, -0.25) is 9.89 Å². The van der Waals surface area contributed by atoms with Crippen LogP contribution in [0.2, 0.25) is 0 Å². The van der Waals surface area contributed by atoms with Crippen LogP contribution in [0, 0.1) is 0 Å². The van der Waals surface area contributed by atoms with Gasteiger partial charge in [-0.1, -0.05) is 48.5 Å². The highest BCUT2D eigenvalue weighted by atomic mass is 16.5. The Labute approximate surface area is 180 Å². The molecule has 1 heterocycles. The van der Waals surface area contributed by atoms with Gasteiger partial charge in [0, 0.05) is 17.7 Å². The summed E-state index contributed by atoms with van der Waals surface area (Å²) in [5.74, 6) is 1.58. The smallest absolute Gasteiger partial charge is 0.251 e. The molecule has 0 atom stereocenters. The lowest BCUT2D eigenvalue weighted by Crippen LogP contribution is -2.22. The molecule has 3 aromatic carbocycles. The monoisotopic (exact) mass is 414 g/mol. The third-order valence-electron chi connectivity index (χ3n) is 4.73. The van der Waals surface area contributed by atoms with Crippen LogP contribution in [0.3, 0.4) is 0 Å². The largest absolute Gasteiger partial charge is 0.493 e. The third-order valence-corrected chi connectivity index (χ3v) is 4.73. The average molecular weight is 414 g/mol. The fraction of sp³-hybridized carbons (Fsp3) is 0.125. The zero-order valence-corrected chi connectivity index (χ0v) is 17.0. The number of hydrogen-bond acceptors (Lipinski definition) is 5. The Bertz CT molecular complexity index is 1140. The lowest BCUT2D eigenvalue weighted by Gasteiger charge is -2.13. The van der Waals surface area contributed by atoms with Crippen molar-refractivity contribution in [3.8, 4) is 22.9 Å². The van der Waals surface area contributed by atoms with Gasteiger partial charge in [0.2, 0.25) is 0 Å². The van der Waals surface area contributed by atoms with Gasteiger partial charge in [0.15, 0.2) is 17.3 Å². The molecule has 1 aromatic heterocycles. The number of nitrogens with one attached hydrogen (secondary N) is 2. The van der Waals surface area contributed by atoms with Crippen molar-refractivity contribution in [2.24, 2.45) is 0 Å². The molecule has 7 nitrogen and oxygen atoms in total. The van der Waals surface area contributed by atoms with Crippen molar-refractivity contribution >= 4 is 5.91 Å². The molecule has 0 saturated carbocycles. The van der Waals surface area contributed by atoms with Gasteiger partial charge in [0.05, 0.1) is 7.11 Å². The van der Waals surface area contributed by atoms with Crippen LogP contribution in [-0.2, 0) is 13.2 Å². The molecule has 4 rings (SSSR count). The number of carbonyl (C=O) groups is 1. The molecule has 0 aliphatic heterocycles. The van der Waals surface area contributed by atoms with Gasteiger partial charge < -0.3 is 14.8 Å². The maximum atomic E-state index is 12.7. The van der Waals surface area contributed by atoms with Crippen LogP contribution in [0.25, 0.3) is 11.4 Å². The summed E-state index contributed by atoms with van der Waals surface area (Å²) in [6.07, 6.45) is 1.46. The minimum Gasteiger partial charge on any atom is -0.493 e. The Morgan fingerprint density at radius 3 is 2.58 bits per heavy atom. The molecule has 7 heteroatoms. The quantitative estimate of drug-likeness (QED) is 0.455. The summed E-state index contributed by atoms with van der Waals surface area (Å²) in [4.78, 5) is 16.8. The molecule has 1 amide bonds. The van der Waals surface area contributed by atoms with Gasteiger partial charge in [-0.25, -0.2) is 4.98 Å². The van der Waals surface area contributed by atoms with E-state index in [0.29, 0.717) is 36.0 Å². The summed E-state index contributed by atoms with van der Waals surface area (Å²) < 4.78 is 11.3. The SMILES string of the molecule is COc1cc(C(=O)NCc2cccc(-c3ncn[nH]3)c2)ccc1OCc1ccccc1. The highest BCUT2D eigenvalue weighted by molar-refractivity contribution is 5.94. The first-order chi connectivity index (χ1) is 15.2. The summed E-state index contributed by atoms with van der Waals surface area (Å²) >= 11 is 0. The van der Waals surface area contributed by atoms with Crippen LogP contribution in [0.5, 0.6) is 11.5 Å². The van der Waals surface area contributed by atoms with Crippen molar-refractivity contribution in [2.75, 3.05) is 7.11 Å². The summed E-state index contributed by atoms with van der Waals surface area (Å²) in [6, 6.07) is 22.8. The Morgan fingerprint density at radius 1 is 0.968 bits per heavy atom. The second-order valence-corrected chi connectivity index (χ2v) is 6.86. The number of benzene rings is 3. The summed E-state index contributed by atoms with van der Waals surface area (Å²) in [7, 11) is 1.56. The van der Waals surface area contributed by atoms with Crippen molar-refractivity contribution < 1.29 is 14.3 Å². The average Bonchev–Trinajstić information content (AvgIpc) is 3.37.